The van der Waals surface area contributed by atoms with Crippen LogP contribution in [-0.2, 0) is 27.5 Å². The summed E-state index contributed by atoms with van der Waals surface area (Å²) in [5, 5.41) is -1.45. The fourth-order valence-electron chi connectivity index (χ4n) is 4.71. The normalized spacial score (nSPS) is 18.2. The number of fused-ring (bicyclic) bond motifs is 1. The minimum atomic E-state index is -5.11. The summed E-state index contributed by atoms with van der Waals surface area (Å²) in [6, 6.07) is 3.42. The van der Waals surface area contributed by atoms with Gasteiger partial charge in [-0.05, 0) is 35.6 Å². The number of alkyl halides is 6. The van der Waals surface area contributed by atoms with Crippen LogP contribution in [0, 0.1) is 11.2 Å². The maximum absolute atomic E-state index is 15.4. The van der Waals surface area contributed by atoms with Gasteiger partial charge in [-0.15, -0.1) is 0 Å². The van der Waals surface area contributed by atoms with Crippen LogP contribution in [0.2, 0.25) is 0 Å². The zero-order valence-electron chi connectivity index (χ0n) is 21.3. The van der Waals surface area contributed by atoms with Gasteiger partial charge in [0.15, 0.2) is 0 Å². The van der Waals surface area contributed by atoms with E-state index in [9.17, 15) is 34.8 Å². The van der Waals surface area contributed by atoms with Gasteiger partial charge < -0.3 is 9.30 Å². The molecule has 13 heteroatoms. The summed E-state index contributed by atoms with van der Waals surface area (Å²) in [7, 11) is -4.49. The Kier molecular flexibility index (Phi) is 7.58. The molecule has 0 radical (unpaired) electrons. The average molecular weight is 581 g/mol. The van der Waals surface area contributed by atoms with Gasteiger partial charge in [0.05, 0.1) is 12.2 Å². The van der Waals surface area contributed by atoms with Gasteiger partial charge >= 0.3 is 12.4 Å². The van der Waals surface area contributed by atoms with Crippen molar-refractivity contribution in [1.82, 2.24) is 9.29 Å². The summed E-state index contributed by atoms with van der Waals surface area (Å²) in [6.45, 7) is 5.33. The first-order valence-corrected chi connectivity index (χ1v) is 13.6. The number of halogens is 7. The molecule has 1 aliphatic heterocycles. The summed E-state index contributed by atoms with van der Waals surface area (Å²) < 4.78 is 133. The van der Waals surface area contributed by atoms with E-state index in [4.69, 9.17) is 4.74 Å². The van der Waals surface area contributed by atoms with Crippen LogP contribution < -0.4 is 4.72 Å². The van der Waals surface area contributed by atoms with E-state index in [0.29, 0.717) is 0 Å². The molecule has 1 saturated heterocycles. The smallest absolute Gasteiger partial charge is 0.380 e. The zero-order valence-corrected chi connectivity index (χ0v) is 22.1. The number of nitrogens with one attached hydrogen (secondary N) is 1. The number of hydrogen-bond donors (Lipinski definition) is 1. The summed E-state index contributed by atoms with van der Waals surface area (Å²) in [4.78, 5) is 0. The van der Waals surface area contributed by atoms with Crippen molar-refractivity contribution < 1.29 is 43.9 Å². The van der Waals surface area contributed by atoms with E-state index >= 15 is 4.39 Å². The summed E-state index contributed by atoms with van der Waals surface area (Å²) in [5.74, 6) is -1.18. The van der Waals surface area contributed by atoms with Crippen molar-refractivity contribution in [2.75, 3.05) is 13.2 Å². The van der Waals surface area contributed by atoms with E-state index in [0.717, 1.165) is 36.5 Å². The average Bonchev–Trinajstić information content (AvgIpc) is 3.44. The lowest BCUT2D eigenvalue weighted by Crippen LogP contribution is -2.42. The summed E-state index contributed by atoms with van der Waals surface area (Å²) in [5.41, 5.74) is -3.04. The molecule has 0 amide bonds. The van der Waals surface area contributed by atoms with Crippen molar-refractivity contribution in [3.05, 3.63) is 59.5 Å². The maximum atomic E-state index is 15.4. The number of benzene rings is 2. The zero-order chi connectivity index (χ0) is 29.0. The Morgan fingerprint density at radius 3 is 2.28 bits per heavy atom. The Bertz CT molecular complexity index is 1470. The Hall–Kier alpha value is -2.64. The second-order valence-electron chi connectivity index (χ2n) is 10.8. The molecule has 1 N–H and O–H groups in total. The van der Waals surface area contributed by atoms with E-state index < -0.39 is 67.2 Å². The Morgan fingerprint density at radius 1 is 1.05 bits per heavy atom. The van der Waals surface area contributed by atoms with Crippen LogP contribution >= 0.6 is 0 Å². The van der Waals surface area contributed by atoms with E-state index in [1.807, 2.05) is 0 Å². The molecule has 3 aromatic rings. The standard InChI is InChI=1S/C26H27F7N2O3S/c1-24(2,3)14-35-12-19(23(26(31,32)33)34-39(36,37)15-8-9-38-13-15)18-10-21(27)17(11-22(18)35)16-6-4-5-7-20(16)25(28,29)30/h4-7,10-12,15,23,34H,8-9,13-14H2,1-3H3/t15?,23-/m0/s1. The van der Waals surface area contributed by atoms with Crippen molar-refractivity contribution in [2.45, 2.75) is 57.4 Å². The third kappa shape index (κ3) is 6.25. The highest BCUT2D eigenvalue weighted by Crippen LogP contribution is 2.43. The summed E-state index contributed by atoms with van der Waals surface area (Å²) in [6.07, 6.45) is -8.81. The van der Waals surface area contributed by atoms with Crippen LogP contribution in [0.3, 0.4) is 0 Å². The summed E-state index contributed by atoms with van der Waals surface area (Å²) >= 11 is 0. The third-order valence-corrected chi connectivity index (χ3v) is 8.23. The molecular formula is C26H27F7N2O3S. The van der Waals surface area contributed by atoms with Gasteiger partial charge in [-0.2, -0.15) is 31.1 Å². The van der Waals surface area contributed by atoms with Crippen molar-refractivity contribution >= 4 is 20.9 Å². The van der Waals surface area contributed by atoms with Crippen molar-refractivity contribution in [1.29, 1.82) is 0 Å². The molecule has 39 heavy (non-hydrogen) atoms. The van der Waals surface area contributed by atoms with Crippen LogP contribution in [0.1, 0.15) is 44.4 Å². The van der Waals surface area contributed by atoms with Gasteiger partial charge in [0.25, 0.3) is 0 Å². The molecular weight excluding hydrogens is 553 g/mol. The van der Waals surface area contributed by atoms with E-state index in [2.05, 4.69) is 0 Å². The molecule has 0 saturated carbocycles. The molecule has 1 unspecified atom stereocenters. The lowest BCUT2D eigenvalue weighted by molar-refractivity contribution is -0.152. The molecule has 0 aliphatic carbocycles. The SMILES string of the molecule is CC(C)(C)Cn1cc([C@H](NS(=O)(=O)C2CCOC2)C(F)(F)F)c2cc(F)c(-c3ccccc3C(F)(F)F)cc21. The predicted octanol–water partition coefficient (Wildman–Crippen LogP) is 6.82. The minimum Gasteiger partial charge on any atom is -0.380 e. The number of sulfonamides is 1. The molecule has 4 rings (SSSR count). The third-order valence-electron chi connectivity index (χ3n) is 6.42. The molecule has 2 aromatic carbocycles. The maximum Gasteiger partial charge on any atom is 0.417 e. The molecule has 214 valence electrons. The first kappa shape index (κ1) is 29.3. The Balaban J connectivity index is 1.94. The highest BCUT2D eigenvalue weighted by molar-refractivity contribution is 7.90. The lowest BCUT2D eigenvalue weighted by Gasteiger charge is -2.23. The van der Waals surface area contributed by atoms with Crippen LogP contribution in [-0.4, -0.2) is 37.6 Å². The van der Waals surface area contributed by atoms with Gasteiger partial charge in [0.2, 0.25) is 10.0 Å². The van der Waals surface area contributed by atoms with Crippen molar-refractivity contribution in [3.63, 3.8) is 0 Å². The predicted molar refractivity (Wildman–Crippen MR) is 132 cm³/mol. The monoisotopic (exact) mass is 580 g/mol. The van der Waals surface area contributed by atoms with E-state index in [1.165, 1.54) is 10.6 Å². The topological polar surface area (TPSA) is 60.3 Å². The molecule has 1 aromatic heterocycles. The molecule has 5 nitrogen and oxygen atoms in total. The molecule has 1 fully saturated rings. The Morgan fingerprint density at radius 2 is 1.72 bits per heavy atom. The Labute approximate surface area is 221 Å². The highest BCUT2D eigenvalue weighted by Gasteiger charge is 2.46. The van der Waals surface area contributed by atoms with Crippen LogP contribution in [0.5, 0.6) is 0 Å². The van der Waals surface area contributed by atoms with Crippen molar-refractivity contribution in [2.24, 2.45) is 5.41 Å². The number of ether oxygens (including phenoxy) is 1. The molecule has 0 bridgehead atoms. The largest absolute Gasteiger partial charge is 0.417 e. The van der Waals surface area contributed by atoms with Crippen LogP contribution in [0.4, 0.5) is 30.7 Å². The number of hydrogen-bond acceptors (Lipinski definition) is 3. The fraction of sp³-hybridized carbons (Fsp3) is 0.462. The first-order valence-electron chi connectivity index (χ1n) is 12.0. The van der Waals surface area contributed by atoms with Gasteiger partial charge in [-0.3, -0.25) is 0 Å². The van der Waals surface area contributed by atoms with Gasteiger partial charge in [-0.25, -0.2) is 12.8 Å². The lowest BCUT2D eigenvalue weighted by atomic mass is 9.95. The van der Waals surface area contributed by atoms with Gasteiger partial charge in [0.1, 0.15) is 17.1 Å². The first-order chi connectivity index (χ1) is 17.9. The molecule has 2 atom stereocenters. The molecule has 1 aliphatic rings. The van der Waals surface area contributed by atoms with Gasteiger partial charge in [0, 0.05) is 41.4 Å². The van der Waals surface area contributed by atoms with E-state index in [-0.39, 0.29) is 37.1 Å². The van der Waals surface area contributed by atoms with E-state index in [1.54, 1.807) is 25.5 Å². The number of nitrogens with zero attached hydrogens (tertiary/aromatic N) is 1. The minimum absolute atomic E-state index is 0.0162. The number of aromatic nitrogens is 1. The highest BCUT2D eigenvalue weighted by atomic mass is 32.2. The fourth-order valence-corrected chi connectivity index (χ4v) is 6.17. The molecule has 2 heterocycles. The van der Waals surface area contributed by atoms with Gasteiger partial charge in [-0.1, -0.05) is 39.0 Å². The quantitative estimate of drug-likeness (QED) is 0.326. The number of rotatable bonds is 6. The second-order valence-corrected chi connectivity index (χ2v) is 12.8. The van der Waals surface area contributed by atoms with Crippen LogP contribution in [0.25, 0.3) is 22.0 Å². The van der Waals surface area contributed by atoms with Crippen molar-refractivity contribution in [3.8, 4) is 11.1 Å². The second kappa shape index (κ2) is 10.1. The van der Waals surface area contributed by atoms with Crippen LogP contribution in [0.15, 0.2) is 42.6 Å². The molecule has 0 spiro atoms.